The summed E-state index contributed by atoms with van der Waals surface area (Å²) in [7, 11) is 1.65. The Morgan fingerprint density at radius 3 is 2.67 bits per heavy atom. The van der Waals surface area contributed by atoms with Crippen molar-refractivity contribution in [2.75, 3.05) is 7.11 Å². The number of ether oxygens (including phenoxy) is 1. The molecular formula is C27H28FN3O2. The van der Waals surface area contributed by atoms with Crippen molar-refractivity contribution in [3.63, 3.8) is 0 Å². The van der Waals surface area contributed by atoms with E-state index in [9.17, 15) is 9.18 Å². The SMILES string of the molecule is COc1cc(C=C2CC[C@@H]3CCC[C@@H](c4ccc(F)cc4)N3C2=O)ccc1-n1cnc(C)c1. The van der Waals surface area contributed by atoms with Gasteiger partial charge in [-0.3, -0.25) is 4.79 Å². The van der Waals surface area contributed by atoms with Gasteiger partial charge >= 0.3 is 0 Å². The minimum atomic E-state index is -0.250. The number of hydrogen-bond donors (Lipinski definition) is 0. The lowest BCUT2D eigenvalue weighted by molar-refractivity contribution is -0.136. The van der Waals surface area contributed by atoms with Gasteiger partial charge < -0.3 is 14.2 Å². The van der Waals surface area contributed by atoms with Crippen molar-refractivity contribution < 1.29 is 13.9 Å². The Bertz CT molecular complexity index is 1200. The first-order valence-electron chi connectivity index (χ1n) is 11.5. The summed E-state index contributed by atoms with van der Waals surface area (Å²) in [6.45, 7) is 1.95. The Labute approximate surface area is 193 Å². The number of methoxy groups -OCH3 is 1. The third-order valence-electron chi connectivity index (χ3n) is 6.79. The van der Waals surface area contributed by atoms with Gasteiger partial charge in [0.05, 0.1) is 30.9 Å². The summed E-state index contributed by atoms with van der Waals surface area (Å²) < 4.78 is 21.0. The lowest BCUT2D eigenvalue weighted by atomic mass is 9.84. The average Bonchev–Trinajstić information content (AvgIpc) is 3.27. The first-order valence-corrected chi connectivity index (χ1v) is 11.5. The van der Waals surface area contributed by atoms with Crippen molar-refractivity contribution in [2.24, 2.45) is 0 Å². The smallest absolute Gasteiger partial charge is 0.250 e. The molecule has 170 valence electrons. The maximum absolute atomic E-state index is 13.6. The predicted molar refractivity (Wildman–Crippen MR) is 126 cm³/mol. The molecule has 6 heteroatoms. The number of benzene rings is 2. The summed E-state index contributed by atoms with van der Waals surface area (Å²) in [5.41, 5.74) is 4.60. The number of piperidine rings is 2. The number of aromatic nitrogens is 2. The molecule has 2 atom stereocenters. The minimum Gasteiger partial charge on any atom is -0.495 e. The van der Waals surface area contributed by atoms with E-state index in [4.69, 9.17) is 4.74 Å². The van der Waals surface area contributed by atoms with E-state index >= 15 is 0 Å². The normalized spacial score (nSPS) is 21.8. The zero-order chi connectivity index (χ0) is 22.9. The molecule has 2 fully saturated rings. The molecule has 1 aromatic heterocycles. The van der Waals surface area contributed by atoms with E-state index in [1.165, 1.54) is 12.1 Å². The quantitative estimate of drug-likeness (QED) is 0.489. The number of carbonyl (C=O) groups is 1. The molecule has 5 nitrogen and oxygen atoms in total. The van der Waals surface area contributed by atoms with Crippen LogP contribution in [0.5, 0.6) is 5.75 Å². The predicted octanol–water partition coefficient (Wildman–Crippen LogP) is 5.63. The molecule has 0 spiro atoms. The second kappa shape index (κ2) is 8.85. The zero-order valence-electron chi connectivity index (χ0n) is 19.0. The second-order valence-electron chi connectivity index (χ2n) is 8.93. The van der Waals surface area contributed by atoms with Gasteiger partial charge in [-0.2, -0.15) is 0 Å². The number of aryl methyl sites for hydroxylation is 1. The van der Waals surface area contributed by atoms with E-state index in [0.29, 0.717) is 0 Å². The largest absolute Gasteiger partial charge is 0.495 e. The summed E-state index contributed by atoms with van der Waals surface area (Å²) >= 11 is 0. The number of rotatable bonds is 4. The number of imidazole rings is 1. The van der Waals surface area contributed by atoms with Gasteiger partial charge in [0.25, 0.3) is 5.91 Å². The molecule has 0 saturated carbocycles. The molecule has 0 N–H and O–H groups in total. The Balaban J connectivity index is 1.44. The molecule has 0 bridgehead atoms. The van der Waals surface area contributed by atoms with Crippen LogP contribution in [-0.4, -0.2) is 33.5 Å². The van der Waals surface area contributed by atoms with Crippen LogP contribution in [0, 0.1) is 12.7 Å². The number of fused-ring (bicyclic) bond motifs is 1. The molecule has 1 amide bonds. The molecule has 33 heavy (non-hydrogen) atoms. The van der Waals surface area contributed by atoms with Gasteiger partial charge in [0.2, 0.25) is 0 Å². The van der Waals surface area contributed by atoms with Crippen LogP contribution in [0.15, 0.2) is 60.6 Å². The number of carbonyl (C=O) groups excluding carboxylic acids is 1. The lowest BCUT2D eigenvalue weighted by Crippen LogP contribution is -2.49. The van der Waals surface area contributed by atoms with Crippen LogP contribution in [0.4, 0.5) is 4.39 Å². The minimum absolute atomic E-state index is 0.00180. The standard InChI is InChI=1S/C27H28FN3O2/c1-18-16-30(17-29-18)25-13-6-19(15-26(25)33-2)14-21-9-12-23-4-3-5-24(31(23)27(21)32)20-7-10-22(28)11-8-20/h6-8,10-11,13-17,23-24H,3-5,9,12H2,1-2H3/t23-,24-/m0/s1. The number of nitrogens with zero attached hydrogens (tertiary/aromatic N) is 3. The third-order valence-corrected chi connectivity index (χ3v) is 6.79. The van der Waals surface area contributed by atoms with Crippen LogP contribution in [0.1, 0.15) is 55.0 Å². The highest BCUT2D eigenvalue weighted by Gasteiger charge is 2.39. The molecule has 0 radical (unpaired) electrons. The topological polar surface area (TPSA) is 47.4 Å². The van der Waals surface area contributed by atoms with Gasteiger partial charge in [0.1, 0.15) is 11.6 Å². The summed E-state index contributed by atoms with van der Waals surface area (Å²) in [5.74, 6) is 0.568. The Morgan fingerprint density at radius 1 is 1.12 bits per heavy atom. The number of hydrogen-bond acceptors (Lipinski definition) is 3. The molecule has 2 aliphatic rings. The molecular weight excluding hydrogens is 417 g/mol. The second-order valence-corrected chi connectivity index (χ2v) is 8.93. The van der Waals surface area contributed by atoms with Gasteiger partial charge in [-0.1, -0.05) is 18.2 Å². The number of amides is 1. The fourth-order valence-corrected chi connectivity index (χ4v) is 5.16. The first kappa shape index (κ1) is 21.4. The number of halogens is 1. The molecule has 0 aliphatic carbocycles. The highest BCUT2D eigenvalue weighted by molar-refractivity contribution is 5.99. The molecule has 0 unspecified atom stereocenters. The maximum atomic E-state index is 13.6. The van der Waals surface area contributed by atoms with Crippen LogP contribution in [0.3, 0.4) is 0 Å². The van der Waals surface area contributed by atoms with E-state index in [2.05, 4.69) is 4.98 Å². The van der Waals surface area contributed by atoms with Gasteiger partial charge in [-0.05, 0) is 80.5 Å². The van der Waals surface area contributed by atoms with Crippen LogP contribution in [-0.2, 0) is 4.79 Å². The van der Waals surface area contributed by atoms with Crippen molar-refractivity contribution in [2.45, 2.75) is 51.1 Å². The van der Waals surface area contributed by atoms with E-state index in [1.807, 2.05) is 59.0 Å². The van der Waals surface area contributed by atoms with E-state index < -0.39 is 0 Å². The highest BCUT2D eigenvalue weighted by Crippen LogP contribution is 2.41. The van der Waals surface area contributed by atoms with Crippen molar-refractivity contribution >= 4 is 12.0 Å². The Hall–Kier alpha value is -3.41. The highest BCUT2D eigenvalue weighted by atomic mass is 19.1. The molecule has 3 aromatic rings. The van der Waals surface area contributed by atoms with Crippen LogP contribution in [0.25, 0.3) is 11.8 Å². The summed E-state index contributed by atoms with van der Waals surface area (Å²) in [5, 5.41) is 0. The van der Waals surface area contributed by atoms with E-state index in [1.54, 1.807) is 13.4 Å². The van der Waals surface area contributed by atoms with Gasteiger partial charge in [0, 0.05) is 17.8 Å². The Kier molecular flexibility index (Phi) is 5.75. The molecule has 3 heterocycles. The monoisotopic (exact) mass is 445 g/mol. The molecule has 5 rings (SSSR count). The van der Waals surface area contributed by atoms with Crippen molar-refractivity contribution in [1.82, 2.24) is 14.5 Å². The fraction of sp³-hybridized carbons (Fsp3) is 0.333. The van der Waals surface area contributed by atoms with Gasteiger partial charge in [-0.25, -0.2) is 9.37 Å². The summed E-state index contributed by atoms with van der Waals surface area (Å²) in [6, 6.07) is 12.8. The van der Waals surface area contributed by atoms with Crippen molar-refractivity contribution in [1.29, 1.82) is 0 Å². The molecule has 2 aliphatic heterocycles. The van der Waals surface area contributed by atoms with Gasteiger partial charge in [0.15, 0.2) is 0 Å². The average molecular weight is 446 g/mol. The summed E-state index contributed by atoms with van der Waals surface area (Å²) in [6.07, 6.45) is 10.5. The van der Waals surface area contributed by atoms with Gasteiger partial charge in [-0.15, -0.1) is 0 Å². The fourth-order valence-electron chi connectivity index (χ4n) is 5.16. The first-order chi connectivity index (χ1) is 16.0. The lowest BCUT2D eigenvalue weighted by Gasteiger charge is -2.46. The third kappa shape index (κ3) is 4.17. The van der Waals surface area contributed by atoms with E-state index in [-0.39, 0.29) is 23.8 Å². The van der Waals surface area contributed by atoms with Crippen molar-refractivity contribution in [3.05, 3.63) is 83.2 Å². The van der Waals surface area contributed by atoms with E-state index in [0.717, 1.165) is 65.9 Å². The van der Waals surface area contributed by atoms with Crippen LogP contribution < -0.4 is 4.74 Å². The molecule has 2 saturated heterocycles. The van der Waals surface area contributed by atoms with Crippen molar-refractivity contribution in [3.8, 4) is 11.4 Å². The summed E-state index contributed by atoms with van der Waals surface area (Å²) in [4.78, 5) is 19.9. The Morgan fingerprint density at radius 2 is 1.94 bits per heavy atom. The zero-order valence-corrected chi connectivity index (χ0v) is 19.0. The van der Waals surface area contributed by atoms with Crippen LogP contribution in [0.2, 0.25) is 0 Å². The van der Waals surface area contributed by atoms with Crippen LogP contribution >= 0.6 is 0 Å². The maximum Gasteiger partial charge on any atom is 0.250 e. The molecule has 2 aromatic carbocycles.